The predicted octanol–water partition coefficient (Wildman–Crippen LogP) is 2.17. The molecule has 0 aromatic rings. The van der Waals surface area contributed by atoms with Crippen LogP contribution in [-0.4, -0.2) is 48.3 Å². The van der Waals surface area contributed by atoms with Crippen LogP contribution in [0.3, 0.4) is 0 Å². The monoisotopic (exact) mass is 254 g/mol. The van der Waals surface area contributed by atoms with E-state index in [0.717, 1.165) is 19.6 Å². The Balaban J connectivity index is 2.38. The maximum Gasteiger partial charge on any atom is 0.0558 e. The molecule has 0 amide bonds. The van der Waals surface area contributed by atoms with Crippen LogP contribution < -0.4 is 5.32 Å². The molecule has 3 heteroatoms. The molecule has 0 atom stereocenters. The molecule has 0 aliphatic heterocycles. The largest absolute Gasteiger partial charge is 0.395 e. The van der Waals surface area contributed by atoms with Crippen LogP contribution in [0.2, 0.25) is 0 Å². The van der Waals surface area contributed by atoms with E-state index < -0.39 is 0 Å². The maximum atomic E-state index is 9.21. The molecule has 0 aromatic carbocycles. The number of nitrogens with one attached hydrogen (secondary N) is 1. The molecule has 0 aromatic heterocycles. The van der Waals surface area contributed by atoms with Gasteiger partial charge in [0.1, 0.15) is 0 Å². The second-order valence-electron chi connectivity index (χ2n) is 5.77. The molecule has 0 unspecified atom stereocenters. The van der Waals surface area contributed by atoms with E-state index in [1.165, 1.54) is 37.7 Å². The Labute approximate surface area is 112 Å². The third kappa shape index (κ3) is 5.98. The van der Waals surface area contributed by atoms with Crippen molar-refractivity contribution in [2.24, 2.45) is 0 Å². The van der Waals surface area contributed by atoms with Gasteiger partial charge in [-0.15, -0.1) is 0 Å². The first kappa shape index (κ1) is 15.7. The molecular formula is C15H30N2O. The van der Waals surface area contributed by atoms with Crippen molar-refractivity contribution in [3.63, 3.8) is 0 Å². The third-order valence-corrected chi connectivity index (χ3v) is 3.67. The van der Waals surface area contributed by atoms with E-state index in [9.17, 15) is 5.11 Å². The van der Waals surface area contributed by atoms with Crippen LogP contribution in [0.5, 0.6) is 0 Å². The van der Waals surface area contributed by atoms with E-state index in [-0.39, 0.29) is 6.61 Å². The quantitative estimate of drug-likeness (QED) is 0.652. The van der Waals surface area contributed by atoms with Crippen molar-refractivity contribution in [3.8, 4) is 0 Å². The highest BCUT2D eigenvalue weighted by Gasteiger charge is 2.20. The smallest absolute Gasteiger partial charge is 0.0558 e. The lowest BCUT2D eigenvalue weighted by atomic mass is 9.94. The molecular weight excluding hydrogens is 224 g/mol. The fourth-order valence-corrected chi connectivity index (χ4v) is 2.66. The highest BCUT2D eigenvalue weighted by Crippen LogP contribution is 2.22. The van der Waals surface area contributed by atoms with Gasteiger partial charge in [0, 0.05) is 31.7 Å². The van der Waals surface area contributed by atoms with E-state index in [2.05, 4.69) is 30.6 Å². The molecule has 0 saturated heterocycles. The normalized spacial score (nSPS) is 17.6. The molecule has 0 heterocycles. The molecule has 0 bridgehead atoms. The Morgan fingerprint density at radius 2 is 2.00 bits per heavy atom. The minimum atomic E-state index is 0.251. The zero-order valence-electron chi connectivity index (χ0n) is 12.1. The standard InChI is InChI=1S/C15H30N2O/c1-13(2)16-11-14(3)12-17(9-10-18)15-7-5-4-6-8-15/h13,15-16,18H,3-12H2,1-2H3. The van der Waals surface area contributed by atoms with Gasteiger partial charge in [-0.1, -0.05) is 39.7 Å². The number of hydrogen-bond acceptors (Lipinski definition) is 3. The van der Waals surface area contributed by atoms with Crippen molar-refractivity contribution in [1.29, 1.82) is 0 Å². The average Bonchev–Trinajstić information content (AvgIpc) is 2.37. The minimum Gasteiger partial charge on any atom is -0.395 e. The van der Waals surface area contributed by atoms with Gasteiger partial charge in [0.2, 0.25) is 0 Å². The first-order valence-electron chi connectivity index (χ1n) is 7.38. The number of aliphatic hydroxyl groups is 1. The fourth-order valence-electron chi connectivity index (χ4n) is 2.66. The summed E-state index contributed by atoms with van der Waals surface area (Å²) in [4.78, 5) is 2.42. The lowest BCUT2D eigenvalue weighted by Crippen LogP contribution is -2.41. The average molecular weight is 254 g/mol. The molecule has 0 spiro atoms. The SMILES string of the molecule is C=C(CNC(C)C)CN(CCO)C1CCCCC1. The van der Waals surface area contributed by atoms with Crippen LogP contribution >= 0.6 is 0 Å². The van der Waals surface area contributed by atoms with E-state index in [0.29, 0.717) is 12.1 Å². The van der Waals surface area contributed by atoms with Crippen molar-refractivity contribution >= 4 is 0 Å². The van der Waals surface area contributed by atoms with Gasteiger partial charge in [0.05, 0.1) is 6.61 Å². The summed E-state index contributed by atoms with van der Waals surface area (Å²) < 4.78 is 0. The Morgan fingerprint density at radius 3 is 2.56 bits per heavy atom. The molecule has 1 fully saturated rings. The molecule has 106 valence electrons. The van der Waals surface area contributed by atoms with E-state index in [4.69, 9.17) is 0 Å². The molecule has 3 nitrogen and oxygen atoms in total. The number of rotatable bonds is 8. The Kier molecular flexibility index (Phi) is 7.56. The second-order valence-corrected chi connectivity index (χ2v) is 5.77. The van der Waals surface area contributed by atoms with Gasteiger partial charge in [-0.05, 0) is 18.4 Å². The number of aliphatic hydroxyl groups excluding tert-OH is 1. The Bertz CT molecular complexity index is 235. The third-order valence-electron chi connectivity index (χ3n) is 3.67. The summed E-state index contributed by atoms with van der Waals surface area (Å²) in [6.07, 6.45) is 6.61. The molecule has 2 N–H and O–H groups in total. The summed E-state index contributed by atoms with van der Waals surface area (Å²) in [5.41, 5.74) is 1.22. The van der Waals surface area contributed by atoms with Gasteiger partial charge in [-0.3, -0.25) is 4.90 Å². The number of hydrogen-bond donors (Lipinski definition) is 2. The van der Waals surface area contributed by atoms with Crippen LogP contribution in [-0.2, 0) is 0 Å². The summed E-state index contributed by atoms with van der Waals surface area (Å²) in [7, 11) is 0. The summed E-state index contributed by atoms with van der Waals surface area (Å²) >= 11 is 0. The van der Waals surface area contributed by atoms with Crippen LogP contribution in [0.25, 0.3) is 0 Å². The van der Waals surface area contributed by atoms with Crippen molar-refractivity contribution in [2.75, 3.05) is 26.2 Å². The van der Waals surface area contributed by atoms with Gasteiger partial charge in [0.25, 0.3) is 0 Å². The van der Waals surface area contributed by atoms with Crippen LogP contribution in [0.1, 0.15) is 46.0 Å². The predicted molar refractivity (Wildman–Crippen MR) is 77.8 cm³/mol. The van der Waals surface area contributed by atoms with Gasteiger partial charge in [0.15, 0.2) is 0 Å². The lowest BCUT2D eigenvalue weighted by molar-refractivity contribution is 0.133. The van der Waals surface area contributed by atoms with Crippen molar-refractivity contribution in [2.45, 2.75) is 58.0 Å². The van der Waals surface area contributed by atoms with Crippen LogP contribution in [0, 0.1) is 0 Å². The first-order valence-corrected chi connectivity index (χ1v) is 7.38. The Morgan fingerprint density at radius 1 is 1.33 bits per heavy atom. The zero-order valence-corrected chi connectivity index (χ0v) is 12.1. The maximum absolute atomic E-state index is 9.21. The van der Waals surface area contributed by atoms with Crippen molar-refractivity contribution in [3.05, 3.63) is 12.2 Å². The minimum absolute atomic E-state index is 0.251. The van der Waals surface area contributed by atoms with E-state index in [1.807, 2.05) is 0 Å². The first-order chi connectivity index (χ1) is 8.63. The summed E-state index contributed by atoms with van der Waals surface area (Å²) in [5, 5.41) is 12.6. The zero-order chi connectivity index (χ0) is 13.4. The molecule has 1 aliphatic carbocycles. The van der Waals surface area contributed by atoms with Gasteiger partial charge in [-0.25, -0.2) is 0 Å². The fraction of sp³-hybridized carbons (Fsp3) is 0.867. The molecule has 1 aliphatic rings. The topological polar surface area (TPSA) is 35.5 Å². The van der Waals surface area contributed by atoms with Gasteiger partial charge in [-0.2, -0.15) is 0 Å². The van der Waals surface area contributed by atoms with Gasteiger partial charge >= 0.3 is 0 Å². The molecule has 1 saturated carbocycles. The summed E-state index contributed by atoms with van der Waals surface area (Å²) in [6, 6.07) is 1.16. The molecule has 1 rings (SSSR count). The van der Waals surface area contributed by atoms with Gasteiger partial charge < -0.3 is 10.4 Å². The van der Waals surface area contributed by atoms with E-state index >= 15 is 0 Å². The highest BCUT2D eigenvalue weighted by atomic mass is 16.3. The van der Waals surface area contributed by atoms with Crippen molar-refractivity contribution in [1.82, 2.24) is 10.2 Å². The number of nitrogens with zero attached hydrogens (tertiary/aromatic N) is 1. The van der Waals surface area contributed by atoms with Crippen LogP contribution in [0.15, 0.2) is 12.2 Å². The van der Waals surface area contributed by atoms with Crippen LogP contribution in [0.4, 0.5) is 0 Å². The lowest BCUT2D eigenvalue weighted by Gasteiger charge is -2.34. The van der Waals surface area contributed by atoms with E-state index in [1.54, 1.807) is 0 Å². The molecule has 0 radical (unpaired) electrons. The second kappa shape index (κ2) is 8.68. The Hall–Kier alpha value is -0.380. The highest BCUT2D eigenvalue weighted by molar-refractivity contribution is 5.01. The van der Waals surface area contributed by atoms with Crippen molar-refractivity contribution < 1.29 is 5.11 Å². The summed E-state index contributed by atoms with van der Waals surface area (Å²) in [6.45, 7) is 11.3. The molecule has 18 heavy (non-hydrogen) atoms. The summed E-state index contributed by atoms with van der Waals surface area (Å²) in [5.74, 6) is 0.